The number of carbonyl (C=O) groups is 1. The van der Waals surface area contributed by atoms with Crippen LogP contribution in [0.15, 0.2) is 42.6 Å². The molecule has 0 aliphatic rings. The smallest absolute Gasteiger partial charge is 0.323 e. The fourth-order valence-corrected chi connectivity index (χ4v) is 1.89. The number of rotatable bonds is 4. The standard InChI is InChI=1S/C16H20N4O/c1-4-12-6-5-7-13(10-12)18-16(21)19-14-8-9-15(17-11-14)20(2)3/h5-11H,4H2,1-3H3,(H2,18,19,21). The van der Waals surface area contributed by atoms with Gasteiger partial charge in [-0.15, -0.1) is 0 Å². The number of nitrogens with one attached hydrogen (secondary N) is 2. The molecule has 0 radical (unpaired) electrons. The second-order valence-corrected chi connectivity index (χ2v) is 4.93. The van der Waals surface area contributed by atoms with E-state index in [-0.39, 0.29) is 6.03 Å². The fourth-order valence-electron chi connectivity index (χ4n) is 1.89. The summed E-state index contributed by atoms with van der Waals surface area (Å²) in [6, 6.07) is 11.2. The summed E-state index contributed by atoms with van der Waals surface area (Å²) >= 11 is 0. The number of hydrogen-bond acceptors (Lipinski definition) is 3. The minimum atomic E-state index is -0.275. The summed E-state index contributed by atoms with van der Waals surface area (Å²) in [5.41, 5.74) is 2.62. The highest BCUT2D eigenvalue weighted by molar-refractivity contribution is 5.99. The number of pyridine rings is 1. The maximum absolute atomic E-state index is 11.9. The van der Waals surface area contributed by atoms with Crippen LogP contribution in [-0.2, 0) is 6.42 Å². The minimum absolute atomic E-state index is 0.275. The molecule has 1 heterocycles. The Kier molecular flexibility index (Phi) is 4.77. The van der Waals surface area contributed by atoms with Crippen molar-refractivity contribution >= 4 is 23.2 Å². The van der Waals surface area contributed by atoms with E-state index >= 15 is 0 Å². The van der Waals surface area contributed by atoms with Crippen molar-refractivity contribution in [2.24, 2.45) is 0 Å². The molecule has 2 aromatic rings. The van der Waals surface area contributed by atoms with Gasteiger partial charge in [0, 0.05) is 19.8 Å². The maximum Gasteiger partial charge on any atom is 0.323 e. The first-order valence-electron chi connectivity index (χ1n) is 6.89. The predicted molar refractivity (Wildman–Crippen MR) is 87.0 cm³/mol. The topological polar surface area (TPSA) is 57.3 Å². The van der Waals surface area contributed by atoms with E-state index in [9.17, 15) is 4.79 Å². The van der Waals surface area contributed by atoms with Crippen molar-refractivity contribution in [1.82, 2.24) is 4.98 Å². The van der Waals surface area contributed by atoms with E-state index in [0.717, 1.165) is 17.9 Å². The molecule has 0 spiro atoms. The van der Waals surface area contributed by atoms with Gasteiger partial charge in [0.1, 0.15) is 5.82 Å². The summed E-state index contributed by atoms with van der Waals surface area (Å²) in [5.74, 6) is 0.844. The third-order valence-corrected chi connectivity index (χ3v) is 3.06. The number of urea groups is 1. The SMILES string of the molecule is CCc1cccc(NC(=O)Nc2ccc(N(C)C)nc2)c1. The first-order valence-corrected chi connectivity index (χ1v) is 6.89. The molecule has 0 bridgehead atoms. The van der Waals surface area contributed by atoms with Crippen LogP contribution in [0.1, 0.15) is 12.5 Å². The van der Waals surface area contributed by atoms with Gasteiger partial charge in [0.2, 0.25) is 0 Å². The Hall–Kier alpha value is -2.56. The molecule has 0 fully saturated rings. The quantitative estimate of drug-likeness (QED) is 0.905. The lowest BCUT2D eigenvalue weighted by Crippen LogP contribution is -2.19. The summed E-state index contributed by atoms with van der Waals surface area (Å²) in [5, 5.41) is 5.58. The van der Waals surface area contributed by atoms with Crippen LogP contribution in [0.25, 0.3) is 0 Å². The van der Waals surface area contributed by atoms with E-state index < -0.39 is 0 Å². The zero-order chi connectivity index (χ0) is 15.2. The molecule has 0 atom stereocenters. The summed E-state index contributed by atoms with van der Waals surface area (Å²) in [4.78, 5) is 18.1. The average Bonchev–Trinajstić information content (AvgIpc) is 2.47. The largest absolute Gasteiger partial charge is 0.363 e. The molecule has 0 saturated heterocycles. The van der Waals surface area contributed by atoms with Crippen LogP contribution in [0.2, 0.25) is 0 Å². The molecule has 5 nitrogen and oxygen atoms in total. The summed E-state index contributed by atoms with van der Waals surface area (Å²) < 4.78 is 0. The third kappa shape index (κ3) is 4.21. The Labute approximate surface area is 125 Å². The first-order chi connectivity index (χ1) is 10.1. The second-order valence-electron chi connectivity index (χ2n) is 4.93. The molecule has 5 heteroatoms. The fraction of sp³-hybridized carbons (Fsp3) is 0.250. The zero-order valence-electron chi connectivity index (χ0n) is 12.6. The monoisotopic (exact) mass is 284 g/mol. The van der Waals surface area contributed by atoms with E-state index in [2.05, 4.69) is 22.5 Å². The summed E-state index contributed by atoms with van der Waals surface area (Å²) in [6.07, 6.45) is 2.57. The highest BCUT2D eigenvalue weighted by atomic mass is 16.2. The first kappa shape index (κ1) is 14.8. The molecule has 2 N–H and O–H groups in total. The van der Waals surface area contributed by atoms with Crippen LogP contribution in [0, 0.1) is 0 Å². The van der Waals surface area contributed by atoms with Crippen molar-refractivity contribution in [2.45, 2.75) is 13.3 Å². The van der Waals surface area contributed by atoms with Gasteiger partial charge in [-0.3, -0.25) is 0 Å². The van der Waals surface area contributed by atoms with Crippen LogP contribution >= 0.6 is 0 Å². The lowest BCUT2D eigenvalue weighted by atomic mass is 10.1. The van der Waals surface area contributed by atoms with Gasteiger partial charge in [-0.2, -0.15) is 0 Å². The number of benzene rings is 1. The van der Waals surface area contributed by atoms with Gasteiger partial charge in [0.15, 0.2) is 0 Å². The Morgan fingerprint density at radius 1 is 1.14 bits per heavy atom. The van der Waals surface area contributed by atoms with E-state index in [1.54, 1.807) is 6.20 Å². The van der Waals surface area contributed by atoms with Crippen LogP contribution in [-0.4, -0.2) is 25.1 Å². The highest BCUT2D eigenvalue weighted by Crippen LogP contribution is 2.14. The van der Waals surface area contributed by atoms with Crippen LogP contribution < -0.4 is 15.5 Å². The van der Waals surface area contributed by atoms with Crippen molar-refractivity contribution in [3.05, 3.63) is 48.2 Å². The van der Waals surface area contributed by atoms with E-state index in [1.165, 1.54) is 5.56 Å². The molecule has 2 amide bonds. The molecule has 21 heavy (non-hydrogen) atoms. The van der Waals surface area contributed by atoms with E-state index in [4.69, 9.17) is 0 Å². The van der Waals surface area contributed by atoms with Gasteiger partial charge in [0.05, 0.1) is 11.9 Å². The second kappa shape index (κ2) is 6.74. The molecule has 2 rings (SSSR count). The Bertz CT molecular complexity index is 608. The van der Waals surface area contributed by atoms with Crippen molar-refractivity contribution in [1.29, 1.82) is 0 Å². The third-order valence-electron chi connectivity index (χ3n) is 3.06. The maximum atomic E-state index is 11.9. The number of aryl methyl sites for hydroxylation is 1. The van der Waals surface area contributed by atoms with E-state index in [0.29, 0.717) is 5.69 Å². The Morgan fingerprint density at radius 2 is 1.90 bits per heavy atom. The molecule has 1 aromatic carbocycles. The lowest BCUT2D eigenvalue weighted by molar-refractivity contribution is 0.262. The van der Waals surface area contributed by atoms with Gasteiger partial charge >= 0.3 is 6.03 Å². The summed E-state index contributed by atoms with van der Waals surface area (Å²) in [7, 11) is 3.84. The molecule has 0 saturated carbocycles. The average molecular weight is 284 g/mol. The normalized spacial score (nSPS) is 10.0. The van der Waals surface area contributed by atoms with E-state index in [1.807, 2.05) is 55.4 Å². The van der Waals surface area contributed by atoms with Crippen molar-refractivity contribution < 1.29 is 4.79 Å². The number of aromatic nitrogens is 1. The lowest BCUT2D eigenvalue weighted by Gasteiger charge is -2.12. The van der Waals surface area contributed by atoms with Gasteiger partial charge in [-0.1, -0.05) is 19.1 Å². The van der Waals surface area contributed by atoms with Gasteiger partial charge < -0.3 is 15.5 Å². The molecular weight excluding hydrogens is 264 g/mol. The number of hydrogen-bond donors (Lipinski definition) is 2. The predicted octanol–water partition coefficient (Wildman–Crippen LogP) is 3.35. The van der Waals surface area contributed by atoms with Gasteiger partial charge in [-0.05, 0) is 36.2 Å². The number of anilines is 3. The minimum Gasteiger partial charge on any atom is -0.363 e. The molecule has 110 valence electrons. The molecule has 0 unspecified atom stereocenters. The van der Waals surface area contributed by atoms with Crippen molar-refractivity contribution in [3.8, 4) is 0 Å². The molecule has 1 aromatic heterocycles. The van der Waals surface area contributed by atoms with Crippen LogP contribution in [0.5, 0.6) is 0 Å². The van der Waals surface area contributed by atoms with Crippen LogP contribution in [0.3, 0.4) is 0 Å². The number of carbonyl (C=O) groups excluding carboxylic acids is 1. The van der Waals surface area contributed by atoms with Crippen molar-refractivity contribution in [2.75, 3.05) is 29.6 Å². The molecular formula is C16H20N4O. The zero-order valence-corrected chi connectivity index (χ0v) is 12.6. The molecule has 0 aliphatic heterocycles. The number of amides is 2. The van der Waals surface area contributed by atoms with Crippen molar-refractivity contribution in [3.63, 3.8) is 0 Å². The Morgan fingerprint density at radius 3 is 2.52 bits per heavy atom. The molecule has 0 aliphatic carbocycles. The number of nitrogens with zero attached hydrogens (tertiary/aromatic N) is 2. The van der Waals surface area contributed by atoms with Gasteiger partial charge in [0.25, 0.3) is 0 Å². The van der Waals surface area contributed by atoms with Crippen LogP contribution in [0.4, 0.5) is 22.0 Å². The highest BCUT2D eigenvalue weighted by Gasteiger charge is 2.04. The Balaban J connectivity index is 1.97. The van der Waals surface area contributed by atoms with Gasteiger partial charge in [-0.25, -0.2) is 9.78 Å². The summed E-state index contributed by atoms with van der Waals surface area (Å²) in [6.45, 7) is 2.08.